The molecule has 0 saturated carbocycles. The molecule has 0 aliphatic carbocycles. The van der Waals surface area contributed by atoms with Crippen LogP contribution in [0.5, 0.6) is 0 Å². The SMILES string of the molecule is Cc1c(NCCN(C)C)[n+]([O-])c2c(C(N)=O)cccc2[n+]1[O-]. The van der Waals surface area contributed by atoms with Gasteiger partial charge in [-0.05, 0) is 20.2 Å². The third-order valence-electron chi connectivity index (χ3n) is 3.40. The van der Waals surface area contributed by atoms with E-state index in [1.54, 1.807) is 6.92 Å². The van der Waals surface area contributed by atoms with Crippen LogP contribution in [0.15, 0.2) is 18.2 Å². The molecule has 0 radical (unpaired) electrons. The molecule has 0 aliphatic heterocycles. The van der Waals surface area contributed by atoms with Crippen molar-refractivity contribution in [1.82, 2.24) is 4.90 Å². The third-order valence-corrected chi connectivity index (χ3v) is 3.40. The molecule has 8 heteroatoms. The summed E-state index contributed by atoms with van der Waals surface area (Å²) in [6, 6.07) is 4.44. The second kappa shape index (κ2) is 6.02. The standard InChI is InChI=1S/C14H19N5O3/c1-9-14(16-7-8-17(2)3)19(22)12-10(13(15)20)5-4-6-11(12)18(9)21/h4-6,16H,7-8H2,1-3H3,(H2,15,20). The van der Waals surface area contributed by atoms with Gasteiger partial charge in [0.15, 0.2) is 0 Å². The molecule has 0 bridgehead atoms. The van der Waals surface area contributed by atoms with Crippen molar-refractivity contribution >= 4 is 22.8 Å². The van der Waals surface area contributed by atoms with Crippen LogP contribution in [0, 0.1) is 17.3 Å². The average molecular weight is 305 g/mol. The lowest BCUT2D eigenvalue weighted by atomic mass is 10.1. The van der Waals surface area contributed by atoms with Gasteiger partial charge in [-0.3, -0.25) is 10.1 Å². The van der Waals surface area contributed by atoms with E-state index in [1.165, 1.54) is 18.2 Å². The molecule has 0 fully saturated rings. The number of anilines is 1. The number of rotatable bonds is 5. The van der Waals surface area contributed by atoms with Crippen molar-refractivity contribution in [2.45, 2.75) is 6.92 Å². The molecule has 1 aromatic heterocycles. The molecule has 8 nitrogen and oxygen atoms in total. The summed E-state index contributed by atoms with van der Waals surface area (Å²) in [6.45, 7) is 2.73. The summed E-state index contributed by atoms with van der Waals surface area (Å²) in [5.41, 5.74) is 5.64. The highest BCUT2D eigenvalue weighted by atomic mass is 16.5. The molecule has 22 heavy (non-hydrogen) atoms. The Morgan fingerprint density at radius 1 is 1.32 bits per heavy atom. The molecule has 0 aliphatic rings. The molecule has 1 amide bonds. The van der Waals surface area contributed by atoms with Crippen molar-refractivity contribution in [3.05, 3.63) is 39.9 Å². The first-order valence-corrected chi connectivity index (χ1v) is 6.81. The van der Waals surface area contributed by atoms with E-state index >= 15 is 0 Å². The number of carbonyl (C=O) groups excluding carboxylic acids is 1. The minimum Gasteiger partial charge on any atom is -0.710 e. The lowest BCUT2D eigenvalue weighted by Gasteiger charge is -2.16. The number of likely N-dealkylation sites (N-methyl/N-ethyl adjacent to an activating group) is 1. The zero-order valence-electron chi connectivity index (χ0n) is 12.8. The Hall–Kier alpha value is -2.61. The number of amides is 1. The average Bonchev–Trinajstić information content (AvgIpc) is 2.47. The molecule has 0 unspecified atom stereocenters. The predicted octanol–water partition coefficient (Wildman–Crippen LogP) is -0.513. The summed E-state index contributed by atoms with van der Waals surface area (Å²) in [5.74, 6) is -0.628. The van der Waals surface area contributed by atoms with Crippen molar-refractivity contribution < 1.29 is 14.3 Å². The maximum absolute atomic E-state index is 12.6. The number of nitrogens with two attached hydrogens (primary N) is 1. The van der Waals surface area contributed by atoms with Gasteiger partial charge < -0.3 is 21.0 Å². The van der Waals surface area contributed by atoms with E-state index in [1.807, 2.05) is 19.0 Å². The Morgan fingerprint density at radius 2 is 2.00 bits per heavy atom. The Morgan fingerprint density at radius 3 is 2.59 bits per heavy atom. The number of para-hydroxylation sites is 1. The monoisotopic (exact) mass is 305 g/mol. The number of nitrogens with one attached hydrogen (secondary N) is 1. The lowest BCUT2D eigenvalue weighted by Crippen LogP contribution is -2.45. The van der Waals surface area contributed by atoms with Crippen LogP contribution in [-0.4, -0.2) is 38.0 Å². The smallest absolute Gasteiger partial charge is 0.347 e. The van der Waals surface area contributed by atoms with Crippen LogP contribution >= 0.6 is 0 Å². The van der Waals surface area contributed by atoms with Crippen LogP contribution in [0.4, 0.5) is 5.82 Å². The summed E-state index contributed by atoms with van der Waals surface area (Å²) in [6.07, 6.45) is 0. The highest BCUT2D eigenvalue weighted by molar-refractivity contribution is 6.02. The Bertz CT molecular complexity index is 730. The zero-order chi connectivity index (χ0) is 16.4. The Balaban J connectivity index is 2.62. The van der Waals surface area contributed by atoms with E-state index in [2.05, 4.69) is 5.32 Å². The van der Waals surface area contributed by atoms with E-state index in [9.17, 15) is 15.2 Å². The summed E-state index contributed by atoms with van der Waals surface area (Å²) in [5, 5.41) is 27.9. The Kier molecular flexibility index (Phi) is 4.32. The largest absolute Gasteiger partial charge is 0.710 e. The summed E-state index contributed by atoms with van der Waals surface area (Å²) in [4.78, 5) is 13.5. The summed E-state index contributed by atoms with van der Waals surface area (Å²) < 4.78 is 1.20. The van der Waals surface area contributed by atoms with E-state index < -0.39 is 5.91 Å². The number of aromatic nitrogens is 2. The van der Waals surface area contributed by atoms with Gasteiger partial charge in [0.2, 0.25) is 5.52 Å². The number of benzene rings is 1. The summed E-state index contributed by atoms with van der Waals surface area (Å²) in [7, 11) is 3.80. The van der Waals surface area contributed by atoms with E-state index in [-0.39, 0.29) is 28.1 Å². The van der Waals surface area contributed by atoms with Crippen molar-refractivity contribution in [2.24, 2.45) is 5.73 Å². The zero-order valence-corrected chi connectivity index (χ0v) is 12.8. The van der Waals surface area contributed by atoms with E-state index in [0.29, 0.717) is 22.6 Å². The second-order valence-corrected chi connectivity index (χ2v) is 5.29. The van der Waals surface area contributed by atoms with Gasteiger partial charge in [-0.1, -0.05) is 6.07 Å². The molecule has 0 saturated heterocycles. The van der Waals surface area contributed by atoms with Gasteiger partial charge in [0.1, 0.15) is 0 Å². The molecule has 0 atom stereocenters. The molecule has 0 spiro atoms. The number of carbonyl (C=O) groups is 1. The molecule has 1 heterocycles. The van der Waals surface area contributed by atoms with Crippen LogP contribution in [0.25, 0.3) is 11.0 Å². The van der Waals surface area contributed by atoms with Crippen molar-refractivity contribution in [1.29, 1.82) is 0 Å². The number of nitrogens with zero attached hydrogens (tertiary/aromatic N) is 3. The molecule has 2 rings (SSSR count). The highest BCUT2D eigenvalue weighted by Gasteiger charge is 2.26. The third kappa shape index (κ3) is 2.73. The van der Waals surface area contributed by atoms with Gasteiger partial charge in [-0.2, -0.15) is 4.73 Å². The van der Waals surface area contributed by atoms with Crippen LogP contribution in [0.2, 0.25) is 0 Å². The van der Waals surface area contributed by atoms with Crippen molar-refractivity contribution in [3.63, 3.8) is 0 Å². The van der Waals surface area contributed by atoms with Crippen LogP contribution in [0.1, 0.15) is 16.1 Å². The number of hydrogen-bond donors (Lipinski definition) is 2. The van der Waals surface area contributed by atoms with Gasteiger partial charge in [0, 0.05) is 19.5 Å². The normalized spacial score (nSPS) is 11.1. The topological polar surface area (TPSA) is 112 Å². The van der Waals surface area contributed by atoms with Crippen molar-refractivity contribution in [2.75, 3.05) is 32.5 Å². The molecule has 118 valence electrons. The lowest BCUT2D eigenvalue weighted by molar-refractivity contribution is -0.623. The fourth-order valence-corrected chi connectivity index (χ4v) is 2.24. The molecule has 1 aromatic carbocycles. The van der Waals surface area contributed by atoms with E-state index in [4.69, 9.17) is 5.73 Å². The predicted molar refractivity (Wildman–Crippen MR) is 82.2 cm³/mol. The van der Waals surface area contributed by atoms with E-state index in [0.717, 1.165) is 0 Å². The number of fused-ring (bicyclic) bond motifs is 1. The quantitative estimate of drug-likeness (QED) is 0.570. The minimum atomic E-state index is -0.752. The number of primary amides is 1. The Labute approximate surface area is 127 Å². The first-order valence-electron chi connectivity index (χ1n) is 6.81. The first-order chi connectivity index (χ1) is 10.3. The van der Waals surface area contributed by atoms with Gasteiger partial charge in [0.05, 0.1) is 12.1 Å². The van der Waals surface area contributed by atoms with Crippen LogP contribution in [0.3, 0.4) is 0 Å². The fourth-order valence-electron chi connectivity index (χ4n) is 2.24. The van der Waals surface area contributed by atoms with Gasteiger partial charge >= 0.3 is 5.82 Å². The van der Waals surface area contributed by atoms with Gasteiger partial charge in [-0.25, -0.2) is 4.73 Å². The molecular formula is C14H19N5O3. The minimum absolute atomic E-state index is 0.0211. The second-order valence-electron chi connectivity index (χ2n) is 5.29. The van der Waals surface area contributed by atoms with Crippen LogP contribution in [-0.2, 0) is 0 Å². The fraction of sp³-hybridized carbons (Fsp3) is 0.357. The maximum atomic E-state index is 12.6. The number of hydrogen-bond acceptors (Lipinski definition) is 5. The molecule has 3 N–H and O–H groups in total. The molecule has 2 aromatic rings. The first kappa shape index (κ1) is 15.8. The van der Waals surface area contributed by atoms with Crippen molar-refractivity contribution in [3.8, 4) is 0 Å². The highest BCUT2D eigenvalue weighted by Crippen LogP contribution is 2.16. The molecular weight excluding hydrogens is 286 g/mol. The van der Waals surface area contributed by atoms with Crippen LogP contribution < -0.4 is 20.5 Å². The van der Waals surface area contributed by atoms with Gasteiger partial charge in [-0.15, -0.1) is 0 Å². The maximum Gasteiger partial charge on any atom is 0.347 e. The summed E-state index contributed by atoms with van der Waals surface area (Å²) >= 11 is 0. The van der Waals surface area contributed by atoms with Gasteiger partial charge in [0.25, 0.3) is 17.1 Å².